The Morgan fingerprint density at radius 2 is 2.41 bits per heavy atom. The Hall–Kier alpha value is -0.490. The molecule has 0 saturated carbocycles. The van der Waals surface area contributed by atoms with Crippen molar-refractivity contribution in [2.45, 2.75) is 26.2 Å². The molecule has 2 heterocycles. The maximum Gasteiger partial charge on any atom is 0.267 e. The molecule has 1 atom stereocenters. The van der Waals surface area contributed by atoms with E-state index in [4.69, 9.17) is 0 Å². The number of rotatable bonds is 3. The molecule has 6 heteroatoms. The highest BCUT2D eigenvalue weighted by atomic mass is 79.9. The van der Waals surface area contributed by atoms with E-state index < -0.39 is 0 Å². The molecule has 0 N–H and O–H groups in total. The SMILES string of the molecule is CC(C)c1nnsc1C(=O)N1CCC(CBr)C1. The van der Waals surface area contributed by atoms with Crippen LogP contribution < -0.4 is 0 Å². The van der Waals surface area contributed by atoms with Gasteiger partial charge in [0.25, 0.3) is 5.91 Å². The zero-order chi connectivity index (χ0) is 12.4. The number of carbonyl (C=O) groups excluding carboxylic acids is 1. The van der Waals surface area contributed by atoms with Crippen LogP contribution in [-0.4, -0.2) is 38.8 Å². The van der Waals surface area contributed by atoms with Crippen LogP contribution >= 0.6 is 27.5 Å². The molecule has 94 valence electrons. The molecule has 1 aliphatic heterocycles. The smallest absolute Gasteiger partial charge is 0.267 e. The molecule has 0 aromatic carbocycles. The second-order valence-electron chi connectivity index (χ2n) is 4.70. The maximum absolute atomic E-state index is 12.3. The molecule has 0 aliphatic carbocycles. The highest BCUT2D eigenvalue weighted by Gasteiger charge is 2.29. The topological polar surface area (TPSA) is 46.1 Å². The minimum atomic E-state index is 0.104. The summed E-state index contributed by atoms with van der Waals surface area (Å²) < 4.78 is 3.91. The van der Waals surface area contributed by atoms with Gasteiger partial charge in [0.1, 0.15) is 4.88 Å². The van der Waals surface area contributed by atoms with Gasteiger partial charge in [-0.15, -0.1) is 5.10 Å². The van der Waals surface area contributed by atoms with Crippen molar-refractivity contribution in [3.8, 4) is 0 Å². The van der Waals surface area contributed by atoms with Gasteiger partial charge < -0.3 is 4.90 Å². The van der Waals surface area contributed by atoms with Crippen molar-refractivity contribution in [2.24, 2.45) is 5.92 Å². The third-order valence-corrected chi connectivity index (χ3v) is 4.69. The summed E-state index contributed by atoms with van der Waals surface area (Å²) in [6.07, 6.45) is 1.08. The lowest BCUT2D eigenvalue weighted by molar-refractivity contribution is 0.0791. The summed E-state index contributed by atoms with van der Waals surface area (Å²) in [5.74, 6) is 0.941. The van der Waals surface area contributed by atoms with Crippen molar-refractivity contribution >= 4 is 33.4 Å². The lowest BCUT2D eigenvalue weighted by Crippen LogP contribution is -2.29. The van der Waals surface area contributed by atoms with E-state index in [1.807, 2.05) is 18.7 Å². The standard InChI is InChI=1S/C11H16BrN3OS/c1-7(2)9-10(17-14-13-9)11(16)15-4-3-8(5-12)6-15/h7-8H,3-6H2,1-2H3. The van der Waals surface area contributed by atoms with Crippen molar-refractivity contribution in [3.05, 3.63) is 10.6 Å². The first-order valence-corrected chi connectivity index (χ1v) is 7.70. The fourth-order valence-corrected chi connectivity index (χ4v) is 3.33. The Morgan fingerprint density at radius 3 is 3.00 bits per heavy atom. The number of alkyl halides is 1. The quantitative estimate of drug-likeness (QED) is 0.805. The first kappa shape index (κ1) is 13.0. The average Bonchev–Trinajstić information content (AvgIpc) is 2.97. The van der Waals surface area contributed by atoms with Crippen molar-refractivity contribution in [1.29, 1.82) is 0 Å². The van der Waals surface area contributed by atoms with Gasteiger partial charge >= 0.3 is 0 Å². The van der Waals surface area contributed by atoms with Gasteiger partial charge in [-0.25, -0.2) is 0 Å². The predicted octanol–water partition coefficient (Wildman–Crippen LogP) is 2.52. The number of amides is 1. The van der Waals surface area contributed by atoms with Gasteiger partial charge in [-0.2, -0.15) is 0 Å². The van der Waals surface area contributed by atoms with Gasteiger partial charge in [0.15, 0.2) is 0 Å². The lowest BCUT2D eigenvalue weighted by Gasteiger charge is -2.15. The van der Waals surface area contributed by atoms with Crippen LogP contribution in [0.15, 0.2) is 0 Å². The molecular formula is C11H16BrN3OS. The Morgan fingerprint density at radius 1 is 1.65 bits per heavy atom. The van der Waals surface area contributed by atoms with Gasteiger partial charge in [-0.3, -0.25) is 4.79 Å². The van der Waals surface area contributed by atoms with Crippen LogP contribution in [0.2, 0.25) is 0 Å². The van der Waals surface area contributed by atoms with E-state index in [2.05, 4.69) is 25.5 Å². The fraction of sp³-hybridized carbons (Fsp3) is 0.727. The molecule has 1 amide bonds. The Bertz CT molecular complexity index is 407. The largest absolute Gasteiger partial charge is 0.338 e. The van der Waals surface area contributed by atoms with Crippen LogP contribution in [0, 0.1) is 5.92 Å². The number of halogens is 1. The minimum absolute atomic E-state index is 0.104. The number of nitrogens with zero attached hydrogens (tertiary/aromatic N) is 3. The van der Waals surface area contributed by atoms with Gasteiger partial charge in [0.2, 0.25) is 0 Å². The van der Waals surface area contributed by atoms with E-state index in [1.165, 1.54) is 11.5 Å². The van der Waals surface area contributed by atoms with Crippen molar-refractivity contribution in [1.82, 2.24) is 14.5 Å². The number of aromatic nitrogens is 2. The summed E-state index contributed by atoms with van der Waals surface area (Å²) in [6.45, 7) is 5.78. The van der Waals surface area contributed by atoms with Gasteiger partial charge in [-0.1, -0.05) is 34.3 Å². The summed E-state index contributed by atoms with van der Waals surface area (Å²) >= 11 is 4.70. The van der Waals surface area contributed by atoms with Crippen molar-refractivity contribution in [3.63, 3.8) is 0 Å². The van der Waals surface area contributed by atoms with E-state index in [0.29, 0.717) is 5.92 Å². The molecule has 0 bridgehead atoms. The number of hydrogen-bond donors (Lipinski definition) is 0. The van der Waals surface area contributed by atoms with Gasteiger partial charge in [-0.05, 0) is 29.8 Å². The van der Waals surface area contributed by atoms with Crippen molar-refractivity contribution < 1.29 is 4.79 Å². The minimum Gasteiger partial charge on any atom is -0.338 e. The van der Waals surface area contributed by atoms with Crippen molar-refractivity contribution in [2.75, 3.05) is 18.4 Å². The van der Waals surface area contributed by atoms with Crippen LogP contribution in [0.5, 0.6) is 0 Å². The molecule has 0 radical (unpaired) electrons. The zero-order valence-corrected chi connectivity index (χ0v) is 12.4. The molecule has 17 heavy (non-hydrogen) atoms. The highest BCUT2D eigenvalue weighted by Crippen LogP contribution is 2.25. The summed E-state index contributed by atoms with van der Waals surface area (Å²) in [4.78, 5) is 15.0. The average molecular weight is 318 g/mol. The molecule has 2 rings (SSSR count). The first-order valence-electron chi connectivity index (χ1n) is 5.81. The lowest BCUT2D eigenvalue weighted by atomic mass is 10.1. The van der Waals surface area contributed by atoms with E-state index in [-0.39, 0.29) is 11.8 Å². The van der Waals surface area contributed by atoms with Crippen LogP contribution in [0.1, 0.15) is 41.6 Å². The third-order valence-electron chi connectivity index (χ3n) is 3.05. The molecular weight excluding hydrogens is 302 g/mol. The summed E-state index contributed by atoms with van der Waals surface area (Å²) in [7, 11) is 0. The Labute approximate surface area is 114 Å². The maximum atomic E-state index is 12.3. The van der Waals surface area contributed by atoms with Crippen LogP contribution in [0.3, 0.4) is 0 Å². The second kappa shape index (κ2) is 5.44. The molecule has 1 saturated heterocycles. The molecule has 1 fully saturated rings. The van der Waals surface area contributed by atoms with E-state index in [1.54, 1.807) is 0 Å². The molecule has 1 aromatic heterocycles. The molecule has 0 spiro atoms. The van der Waals surface area contributed by atoms with E-state index in [0.717, 1.165) is 35.4 Å². The normalized spacial score (nSPS) is 20.2. The predicted molar refractivity (Wildman–Crippen MR) is 71.8 cm³/mol. The third kappa shape index (κ3) is 2.68. The van der Waals surface area contributed by atoms with Gasteiger partial charge in [0, 0.05) is 18.4 Å². The van der Waals surface area contributed by atoms with Crippen LogP contribution in [0.4, 0.5) is 0 Å². The zero-order valence-electron chi connectivity index (χ0n) is 10.0. The monoisotopic (exact) mass is 317 g/mol. The summed E-state index contributed by atoms with van der Waals surface area (Å²) in [5.41, 5.74) is 0.835. The number of likely N-dealkylation sites (tertiary alicyclic amines) is 1. The summed E-state index contributed by atoms with van der Waals surface area (Å²) in [5, 5.41) is 5.03. The van der Waals surface area contributed by atoms with E-state index in [9.17, 15) is 4.79 Å². The summed E-state index contributed by atoms with van der Waals surface area (Å²) in [6, 6.07) is 0. The number of carbonyl (C=O) groups is 1. The molecule has 1 aliphatic rings. The second-order valence-corrected chi connectivity index (χ2v) is 6.10. The molecule has 4 nitrogen and oxygen atoms in total. The van der Waals surface area contributed by atoms with Crippen LogP contribution in [0.25, 0.3) is 0 Å². The first-order chi connectivity index (χ1) is 8.13. The van der Waals surface area contributed by atoms with Crippen LogP contribution in [-0.2, 0) is 0 Å². The van der Waals surface area contributed by atoms with E-state index >= 15 is 0 Å². The molecule has 1 unspecified atom stereocenters. The molecule has 1 aromatic rings. The van der Waals surface area contributed by atoms with Gasteiger partial charge in [0.05, 0.1) is 5.69 Å². The Kier molecular flexibility index (Phi) is 4.14. The highest BCUT2D eigenvalue weighted by molar-refractivity contribution is 9.09. The number of hydrogen-bond acceptors (Lipinski definition) is 4. The fourth-order valence-electron chi connectivity index (χ4n) is 2.01. The Balaban J connectivity index is 2.12.